The number of esters is 1. The Morgan fingerprint density at radius 2 is 1.93 bits per heavy atom. The number of pyridine rings is 1. The summed E-state index contributed by atoms with van der Waals surface area (Å²) in [5.74, 6) is 0.0419. The van der Waals surface area contributed by atoms with Crippen molar-refractivity contribution in [3.8, 4) is 0 Å². The van der Waals surface area contributed by atoms with Gasteiger partial charge in [-0.05, 0) is 51.8 Å². The topological polar surface area (TPSA) is 81.2 Å². The van der Waals surface area contributed by atoms with E-state index in [2.05, 4.69) is 42.3 Å². The highest BCUT2D eigenvalue weighted by atomic mass is 32.2. The quantitative estimate of drug-likeness (QED) is 0.394. The molecule has 0 spiro atoms. The highest BCUT2D eigenvalue weighted by molar-refractivity contribution is 7.99. The summed E-state index contributed by atoms with van der Waals surface area (Å²) in [5.41, 5.74) is 3.88. The van der Waals surface area contributed by atoms with Crippen LogP contribution in [0.3, 0.4) is 0 Å². The first-order valence-electron chi connectivity index (χ1n) is 9.72. The molecule has 0 aliphatic heterocycles. The Morgan fingerprint density at radius 3 is 2.67 bits per heavy atom. The average Bonchev–Trinajstić information content (AvgIpc) is 3.02. The van der Waals surface area contributed by atoms with Crippen LogP contribution >= 0.6 is 23.1 Å². The van der Waals surface area contributed by atoms with Crippen molar-refractivity contribution in [3.63, 3.8) is 0 Å². The second-order valence-electron chi connectivity index (χ2n) is 7.28. The van der Waals surface area contributed by atoms with Crippen LogP contribution in [-0.2, 0) is 9.53 Å². The molecule has 2 aromatic heterocycles. The molecule has 30 heavy (non-hydrogen) atoms. The standard InChI is InChI=1S/C22H25N3O3S2/c1-12(2)28-21(27)20-15(5)23-22(30-20)24-17(26)9-10-29-18-11-14(4)16-8-6-7-13(3)19(16)25-18/h6-8,11-12H,9-10H2,1-5H3,(H,23,24,26). The molecule has 1 amide bonds. The normalized spacial score (nSPS) is 11.1. The Bertz CT molecular complexity index is 1090. The van der Waals surface area contributed by atoms with Gasteiger partial charge in [0.1, 0.15) is 4.88 Å². The molecule has 8 heteroatoms. The van der Waals surface area contributed by atoms with Gasteiger partial charge in [0.05, 0.1) is 22.3 Å². The van der Waals surface area contributed by atoms with Crippen LogP contribution in [0, 0.1) is 20.8 Å². The number of carbonyl (C=O) groups is 2. The summed E-state index contributed by atoms with van der Waals surface area (Å²) in [6, 6.07) is 8.23. The summed E-state index contributed by atoms with van der Waals surface area (Å²) < 4.78 is 5.21. The maximum atomic E-state index is 12.3. The first-order chi connectivity index (χ1) is 14.2. The van der Waals surface area contributed by atoms with E-state index in [-0.39, 0.29) is 12.0 Å². The molecule has 0 atom stereocenters. The predicted molar refractivity (Wildman–Crippen MR) is 123 cm³/mol. The number of anilines is 1. The number of thiazole rings is 1. The molecule has 158 valence electrons. The Hall–Kier alpha value is -2.45. The first-order valence-corrected chi connectivity index (χ1v) is 11.5. The summed E-state index contributed by atoms with van der Waals surface area (Å²) in [6.45, 7) is 9.45. The fraction of sp³-hybridized carbons (Fsp3) is 0.364. The van der Waals surface area contributed by atoms with E-state index in [1.54, 1.807) is 32.5 Å². The molecule has 0 saturated heterocycles. The zero-order chi connectivity index (χ0) is 21.8. The summed E-state index contributed by atoms with van der Waals surface area (Å²) in [6.07, 6.45) is 0.118. The maximum Gasteiger partial charge on any atom is 0.350 e. The van der Waals surface area contributed by atoms with Gasteiger partial charge in [0.2, 0.25) is 5.91 Å². The van der Waals surface area contributed by atoms with E-state index in [1.807, 2.05) is 6.07 Å². The SMILES string of the molecule is Cc1nc(NC(=O)CCSc2cc(C)c3cccc(C)c3n2)sc1C(=O)OC(C)C. The number of nitrogens with zero attached hydrogens (tertiary/aromatic N) is 2. The molecule has 0 fully saturated rings. The number of benzene rings is 1. The minimum absolute atomic E-state index is 0.145. The van der Waals surface area contributed by atoms with Gasteiger partial charge in [-0.1, -0.05) is 29.5 Å². The zero-order valence-corrected chi connectivity index (χ0v) is 19.4. The Balaban J connectivity index is 1.57. The van der Waals surface area contributed by atoms with Crippen molar-refractivity contribution in [1.82, 2.24) is 9.97 Å². The average molecular weight is 444 g/mol. The number of nitrogens with one attached hydrogen (secondary N) is 1. The van der Waals surface area contributed by atoms with Crippen LogP contribution in [0.25, 0.3) is 10.9 Å². The molecular formula is C22H25N3O3S2. The Morgan fingerprint density at radius 1 is 1.17 bits per heavy atom. The number of rotatable bonds is 7. The molecule has 0 bridgehead atoms. The number of hydrogen-bond donors (Lipinski definition) is 1. The zero-order valence-electron chi connectivity index (χ0n) is 17.7. The minimum Gasteiger partial charge on any atom is -0.459 e. The molecule has 0 aliphatic carbocycles. The number of carbonyl (C=O) groups excluding carboxylic acids is 2. The molecular weight excluding hydrogens is 418 g/mol. The maximum absolute atomic E-state index is 12.3. The van der Waals surface area contributed by atoms with E-state index in [0.29, 0.717) is 27.9 Å². The molecule has 2 heterocycles. The number of fused-ring (bicyclic) bond motifs is 1. The molecule has 0 saturated carbocycles. The molecule has 0 radical (unpaired) electrons. The largest absolute Gasteiger partial charge is 0.459 e. The lowest BCUT2D eigenvalue weighted by Gasteiger charge is -2.08. The molecule has 3 rings (SSSR count). The number of para-hydroxylation sites is 1. The minimum atomic E-state index is -0.413. The first kappa shape index (κ1) is 22.2. The van der Waals surface area contributed by atoms with Crippen LogP contribution in [0.5, 0.6) is 0 Å². The number of amides is 1. The van der Waals surface area contributed by atoms with Crippen LogP contribution in [0.1, 0.15) is 46.8 Å². The number of hydrogen-bond acceptors (Lipinski definition) is 7. The van der Waals surface area contributed by atoms with E-state index in [4.69, 9.17) is 9.72 Å². The van der Waals surface area contributed by atoms with Crippen LogP contribution in [0.15, 0.2) is 29.3 Å². The van der Waals surface area contributed by atoms with Gasteiger partial charge in [-0.25, -0.2) is 14.8 Å². The van der Waals surface area contributed by atoms with Crippen molar-refractivity contribution >= 4 is 51.0 Å². The van der Waals surface area contributed by atoms with Crippen LogP contribution < -0.4 is 5.32 Å². The van der Waals surface area contributed by atoms with Crippen molar-refractivity contribution in [3.05, 3.63) is 46.0 Å². The van der Waals surface area contributed by atoms with E-state index in [1.165, 1.54) is 5.56 Å². The number of ether oxygens (including phenoxy) is 1. The van der Waals surface area contributed by atoms with Crippen molar-refractivity contribution in [2.24, 2.45) is 0 Å². The molecule has 1 N–H and O–H groups in total. The summed E-state index contributed by atoms with van der Waals surface area (Å²) in [4.78, 5) is 33.8. The van der Waals surface area contributed by atoms with Gasteiger partial charge >= 0.3 is 5.97 Å². The molecule has 1 aromatic carbocycles. The Labute approximate surface area is 184 Å². The Kier molecular flexibility index (Phi) is 7.10. The van der Waals surface area contributed by atoms with Crippen LogP contribution in [-0.4, -0.2) is 33.7 Å². The third kappa shape index (κ3) is 5.37. The monoisotopic (exact) mass is 443 g/mol. The predicted octanol–water partition coefficient (Wildman–Crippen LogP) is 5.30. The van der Waals surface area contributed by atoms with Crippen molar-refractivity contribution in [1.29, 1.82) is 0 Å². The third-order valence-electron chi connectivity index (χ3n) is 4.37. The molecule has 6 nitrogen and oxygen atoms in total. The second kappa shape index (κ2) is 9.57. The fourth-order valence-corrected chi connectivity index (χ4v) is 4.72. The lowest BCUT2D eigenvalue weighted by Crippen LogP contribution is -2.12. The van der Waals surface area contributed by atoms with Crippen LogP contribution in [0.4, 0.5) is 5.13 Å². The molecule has 3 aromatic rings. The fourth-order valence-electron chi connectivity index (χ4n) is 2.94. The number of thioether (sulfide) groups is 1. The smallest absolute Gasteiger partial charge is 0.350 e. The van der Waals surface area contributed by atoms with Crippen molar-refractivity contribution < 1.29 is 14.3 Å². The van der Waals surface area contributed by atoms with Crippen molar-refractivity contribution in [2.75, 3.05) is 11.1 Å². The van der Waals surface area contributed by atoms with Gasteiger partial charge < -0.3 is 10.1 Å². The van der Waals surface area contributed by atoms with Crippen LogP contribution in [0.2, 0.25) is 0 Å². The third-order valence-corrected chi connectivity index (χ3v) is 6.34. The van der Waals surface area contributed by atoms with E-state index >= 15 is 0 Å². The van der Waals surface area contributed by atoms with Gasteiger partial charge in [0, 0.05) is 17.6 Å². The van der Waals surface area contributed by atoms with Gasteiger partial charge in [0.15, 0.2) is 5.13 Å². The van der Waals surface area contributed by atoms with E-state index in [0.717, 1.165) is 32.8 Å². The number of aryl methyl sites for hydroxylation is 3. The summed E-state index contributed by atoms with van der Waals surface area (Å²) in [5, 5.41) is 5.25. The molecule has 0 unspecified atom stereocenters. The lowest BCUT2D eigenvalue weighted by atomic mass is 10.1. The lowest BCUT2D eigenvalue weighted by molar-refractivity contribution is -0.115. The van der Waals surface area contributed by atoms with Crippen molar-refractivity contribution in [2.45, 2.75) is 52.2 Å². The summed E-state index contributed by atoms with van der Waals surface area (Å²) >= 11 is 2.69. The van der Waals surface area contributed by atoms with Gasteiger partial charge in [-0.3, -0.25) is 4.79 Å². The van der Waals surface area contributed by atoms with E-state index in [9.17, 15) is 9.59 Å². The van der Waals surface area contributed by atoms with Gasteiger partial charge in [0.25, 0.3) is 0 Å². The highest BCUT2D eigenvalue weighted by Gasteiger charge is 2.19. The summed E-state index contributed by atoms with van der Waals surface area (Å²) in [7, 11) is 0. The number of aromatic nitrogens is 2. The molecule has 0 aliphatic rings. The highest BCUT2D eigenvalue weighted by Crippen LogP contribution is 2.27. The van der Waals surface area contributed by atoms with Gasteiger partial charge in [-0.2, -0.15) is 0 Å². The van der Waals surface area contributed by atoms with E-state index < -0.39 is 5.97 Å². The van der Waals surface area contributed by atoms with Gasteiger partial charge in [-0.15, -0.1) is 11.8 Å². The second-order valence-corrected chi connectivity index (χ2v) is 9.40.